The van der Waals surface area contributed by atoms with E-state index in [0.717, 1.165) is 25.8 Å². The standard InChI is InChI=1S/C15H21N3O2/c16-7-11(6-9-2-1-3-13(9)19)18-15(20)14-12-5-4-10(12)8-17-14/h9-12,14,17H,1-6,8H2,(H,18,20)/t9-,10-,11-,12?,14-/m0/s1. The normalized spacial score (nSPS) is 36.9. The van der Waals surface area contributed by atoms with Gasteiger partial charge in [0.2, 0.25) is 5.91 Å². The lowest BCUT2D eigenvalue weighted by atomic mass is 9.73. The predicted molar refractivity (Wildman–Crippen MR) is 72.5 cm³/mol. The van der Waals surface area contributed by atoms with E-state index in [0.29, 0.717) is 24.7 Å². The maximum absolute atomic E-state index is 12.3. The van der Waals surface area contributed by atoms with Crippen molar-refractivity contribution in [3.8, 4) is 6.07 Å². The number of fused-ring (bicyclic) bond motifs is 1. The van der Waals surface area contributed by atoms with Crippen molar-refractivity contribution in [3.63, 3.8) is 0 Å². The summed E-state index contributed by atoms with van der Waals surface area (Å²) in [5.74, 6) is 1.24. The molecular weight excluding hydrogens is 254 g/mol. The van der Waals surface area contributed by atoms with Gasteiger partial charge in [0.15, 0.2) is 0 Å². The molecule has 1 heterocycles. The van der Waals surface area contributed by atoms with Gasteiger partial charge in [-0.3, -0.25) is 9.59 Å². The molecule has 0 aromatic heterocycles. The van der Waals surface area contributed by atoms with Gasteiger partial charge in [0, 0.05) is 12.3 Å². The number of hydrogen-bond acceptors (Lipinski definition) is 4. The lowest BCUT2D eigenvalue weighted by Crippen LogP contribution is -2.49. The van der Waals surface area contributed by atoms with Gasteiger partial charge in [0.1, 0.15) is 11.8 Å². The van der Waals surface area contributed by atoms with Gasteiger partial charge < -0.3 is 10.6 Å². The first kappa shape index (κ1) is 13.6. The van der Waals surface area contributed by atoms with Crippen molar-refractivity contribution in [1.29, 1.82) is 5.26 Å². The summed E-state index contributed by atoms with van der Waals surface area (Å²) in [5, 5.41) is 15.3. The average Bonchev–Trinajstić information content (AvgIpc) is 2.92. The van der Waals surface area contributed by atoms with E-state index in [1.54, 1.807) is 0 Å². The van der Waals surface area contributed by atoms with Crippen LogP contribution in [0.3, 0.4) is 0 Å². The molecule has 2 saturated carbocycles. The fourth-order valence-electron chi connectivity index (χ4n) is 3.83. The summed E-state index contributed by atoms with van der Waals surface area (Å²) in [6, 6.07) is 1.47. The SMILES string of the molecule is N#C[C@H](C[C@@H]1CCCC1=O)NC(=O)[C@H]1NC[C@@H]2CCC21. The Bertz CT molecular complexity index is 457. The Morgan fingerprint density at radius 1 is 1.45 bits per heavy atom. The molecule has 1 aliphatic heterocycles. The molecule has 108 valence electrons. The second kappa shape index (κ2) is 5.53. The van der Waals surface area contributed by atoms with Crippen molar-refractivity contribution in [2.75, 3.05) is 6.54 Å². The summed E-state index contributed by atoms with van der Waals surface area (Å²) < 4.78 is 0. The van der Waals surface area contributed by atoms with Crippen LogP contribution < -0.4 is 10.6 Å². The highest BCUT2D eigenvalue weighted by Gasteiger charge is 2.45. The molecule has 3 fully saturated rings. The Kier molecular flexibility index (Phi) is 3.75. The van der Waals surface area contributed by atoms with Crippen molar-refractivity contribution in [3.05, 3.63) is 0 Å². The van der Waals surface area contributed by atoms with E-state index in [4.69, 9.17) is 0 Å². The Labute approximate surface area is 119 Å². The van der Waals surface area contributed by atoms with Crippen LogP contribution in [0.2, 0.25) is 0 Å². The van der Waals surface area contributed by atoms with Crippen LogP contribution in [0.4, 0.5) is 0 Å². The average molecular weight is 275 g/mol. The summed E-state index contributed by atoms with van der Waals surface area (Å²) in [5.41, 5.74) is 0. The lowest BCUT2D eigenvalue weighted by Gasteiger charge is -2.32. The topological polar surface area (TPSA) is 82.0 Å². The van der Waals surface area contributed by atoms with Crippen LogP contribution in [0.5, 0.6) is 0 Å². The maximum Gasteiger partial charge on any atom is 0.238 e. The maximum atomic E-state index is 12.3. The molecule has 0 spiro atoms. The number of ketones is 1. The van der Waals surface area contributed by atoms with Crippen molar-refractivity contribution in [1.82, 2.24) is 10.6 Å². The molecule has 0 bridgehead atoms. The molecule has 1 saturated heterocycles. The zero-order chi connectivity index (χ0) is 14.1. The van der Waals surface area contributed by atoms with Crippen molar-refractivity contribution in [2.24, 2.45) is 17.8 Å². The molecular formula is C15H21N3O2. The van der Waals surface area contributed by atoms with Gasteiger partial charge in [-0.25, -0.2) is 0 Å². The number of nitriles is 1. The van der Waals surface area contributed by atoms with Crippen molar-refractivity contribution in [2.45, 2.75) is 50.6 Å². The Balaban J connectivity index is 1.53. The quantitative estimate of drug-likeness (QED) is 0.793. The molecule has 3 aliphatic rings. The van der Waals surface area contributed by atoms with E-state index >= 15 is 0 Å². The molecule has 2 aliphatic carbocycles. The number of carbonyl (C=O) groups excluding carboxylic acids is 2. The molecule has 0 aromatic rings. The van der Waals surface area contributed by atoms with Gasteiger partial charge in [0.25, 0.3) is 0 Å². The third-order valence-electron chi connectivity index (χ3n) is 5.21. The zero-order valence-electron chi connectivity index (χ0n) is 11.6. The number of hydrogen-bond donors (Lipinski definition) is 2. The highest BCUT2D eigenvalue weighted by atomic mass is 16.2. The van der Waals surface area contributed by atoms with Gasteiger partial charge in [-0.2, -0.15) is 5.26 Å². The van der Waals surface area contributed by atoms with E-state index in [1.807, 2.05) is 0 Å². The second-order valence-corrected chi connectivity index (χ2v) is 6.37. The van der Waals surface area contributed by atoms with Gasteiger partial charge in [-0.15, -0.1) is 0 Å². The molecule has 5 atom stereocenters. The second-order valence-electron chi connectivity index (χ2n) is 6.37. The minimum atomic E-state index is -0.532. The van der Waals surface area contributed by atoms with Crippen LogP contribution in [0.25, 0.3) is 0 Å². The zero-order valence-corrected chi connectivity index (χ0v) is 11.6. The summed E-state index contributed by atoms with van der Waals surface area (Å²) in [6.45, 7) is 0.918. The summed E-state index contributed by atoms with van der Waals surface area (Å²) in [7, 11) is 0. The molecule has 5 nitrogen and oxygen atoms in total. The van der Waals surface area contributed by atoms with E-state index in [2.05, 4.69) is 16.7 Å². The molecule has 0 aromatic carbocycles. The van der Waals surface area contributed by atoms with Crippen molar-refractivity contribution < 1.29 is 9.59 Å². The first-order valence-corrected chi connectivity index (χ1v) is 7.65. The van der Waals surface area contributed by atoms with E-state index in [-0.39, 0.29) is 23.7 Å². The molecule has 1 amide bonds. The Hall–Kier alpha value is -1.41. The third kappa shape index (κ3) is 2.45. The number of Topliss-reactive ketones (excluding diaryl/α,β-unsaturated/α-hetero) is 1. The lowest BCUT2D eigenvalue weighted by molar-refractivity contribution is -0.126. The Morgan fingerprint density at radius 3 is 2.85 bits per heavy atom. The molecule has 20 heavy (non-hydrogen) atoms. The third-order valence-corrected chi connectivity index (χ3v) is 5.21. The fourth-order valence-corrected chi connectivity index (χ4v) is 3.83. The number of carbonyl (C=O) groups is 2. The largest absolute Gasteiger partial charge is 0.339 e. The van der Waals surface area contributed by atoms with Gasteiger partial charge in [0.05, 0.1) is 12.1 Å². The fraction of sp³-hybridized carbons (Fsp3) is 0.800. The van der Waals surface area contributed by atoms with E-state index in [1.165, 1.54) is 6.42 Å². The monoisotopic (exact) mass is 275 g/mol. The molecule has 2 N–H and O–H groups in total. The summed E-state index contributed by atoms with van der Waals surface area (Å²) in [4.78, 5) is 23.9. The number of rotatable bonds is 4. The first-order valence-electron chi connectivity index (χ1n) is 7.65. The minimum Gasteiger partial charge on any atom is -0.339 e. The van der Waals surface area contributed by atoms with Crippen molar-refractivity contribution >= 4 is 11.7 Å². The molecule has 1 unspecified atom stereocenters. The van der Waals surface area contributed by atoms with Crippen LogP contribution in [-0.2, 0) is 9.59 Å². The summed E-state index contributed by atoms with van der Waals surface area (Å²) >= 11 is 0. The van der Waals surface area contributed by atoms with Crippen LogP contribution in [-0.4, -0.2) is 30.3 Å². The minimum absolute atomic E-state index is 0.0343. The molecule has 5 heteroatoms. The number of nitrogens with zero attached hydrogens (tertiary/aromatic N) is 1. The van der Waals surface area contributed by atoms with Gasteiger partial charge in [-0.1, -0.05) is 0 Å². The van der Waals surface area contributed by atoms with Crippen LogP contribution in [0, 0.1) is 29.1 Å². The highest BCUT2D eigenvalue weighted by molar-refractivity contribution is 5.84. The summed E-state index contributed by atoms with van der Waals surface area (Å²) in [6.07, 6.45) is 5.20. The predicted octanol–water partition coefficient (Wildman–Crippen LogP) is 0.752. The molecule has 3 rings (SSSR count). The van der Waals surface area contributed by atoms with E-state index < -0.39 is 6.04 Å². The highest BCUT2D eigenvalue weighted by Crippen LogP contribution is 2.40. The Morgan fingerprint density at radius 2 is 2.30 bits per heavy atom. The molecule has 0 radical (unpaired) electrons. The first-order chi connectivity index (χ1) is 9.69. The smallest absolute Gasteiger partial charge is 0.238 e. The number of nitrogens with one attached hydrogen (secondary N) is 2. The van der Waals surface area contributed by atoms with Gasteiger partial charge in [-0.05, 0) is 50.5 Å². The van der Waals surface area contributed by atoms with Crippen LogP contribution >= 0.6 is 0 Å². The van der Waals surface area contributed by atoms with Crippen LogP contribution in [0.15, 0.2) is 0 Å². The number of amides is 1. The van der Waals surface area contributed by atoms with Gasteiger partial charge >= 0.3 is 0 Å². The van der Waals surface area contributed by atoms with Crippen LogP contribution in [0.1, 0.15) is 38.5 Å². The van der Waals surface area contributed by atoms with E-state index in [9.17, 15) is 14.9 Å².